The van der Waals surface area contributed by atoms with Gasteiger partial charge in [0.05, 0.1) is 0 Å². The standard InChI is InChI=1S/C55H96O6/c1-4-7-10-13-16-19-22-25-27-28-29-31-33-36-39-42-45-48-54(57)60-51-52(50-59-53(56)47-44-41-38-35-32-24-21-18-15-12-9-6-3)61-55(58)49-46-43-40-37-34-30-26-23-20-17-14-11-8-5-2/h9,12,16,18-19,21,25,27,32,35,52H,4-8,10-11,13-15,17,20,22-24,26,28-31,33-34,36-51H2,1-3H3/b12-9-,19-16-,21-18-,27-25-,35-32-. The quantitative estimate of drug-likeness (QED) is 0.0263. The lowest BCUT2D eigenvalue weighted by atomic mass is 10.0. The van der Waals surface area contributed by atoms with Gasteiger partial charge in [0.15, 0.2) is 6.10 Å². The van der Waals surface area contributed by atoms with Crippen molar-refractivity contribution in [3.8, 4) is 0 Å². The summed E-state index contributed by atoms with van der Waals surface area (Å²) in [6.45, 7) is 6.46. The smallest absolute Gasteiger partial charge is 0.306 e. The number of allylic oxidation sites excluding steroid dienone is 10. The summed E-state index contributed by atoms with van der Waals surface area (Å²) in [4.78, 5) is 37.9. The van der Waals surface area contributed by atoms with Crippen molar-refractivity contribution in [3.63, 3.8) is 0 Å². The van der Waals surface area contributed by atoms with Gasteiger partial charge in [-0.3, -0.25) is 14.4 Å². The number of carbonyl (C=O) groups is 3. The molecule has 0 saturated heterocycles. The molecule has 352 valence electrons. The lowest BCUT2D eigenvalue weighted by molar-refractivity contribution is -0.167. The molecule has 0 amide bonds. The van der Waals surface area contributed by atoms with Crippen molar-refractivity contribution in [3.05, 3.63) is 60.8 Å². The molecule has 0 bridgehead atoms. The summed E-state index contributed by atoms with van der Waals surface area (Å²) in [5, 5.41) is 0. The molecule has 0 aromatic rings. The molecule has 0 rings (SSSR count). The lowest BCUT2D eigenvalue weighted by Crippen LogP contribution is -2.30. The number of hydrogen-bond donors (Lipinski definition) is 0. The van der Waals surface area contributed by atoms with Crippen molar-refractivity contribution in [2.24, 2.45) is 0 Å². The van der Waals surface area contributed by atoms with E-state index in [-0.39, 0.29) is 31.1 Å². The van der Waals surface area contributed by atoms with Crippen molar-refractivity contribution >= 4 is 17.9 Å². The number of ether oxygens (including phenoxy) is 3. The van der Waals surface area contributed by atoms with E-state index in [4.69, 9.17) is 14.2 Å². The molecule has 0 radical (unpaired) electrons. The van der Waals surface area contributed by atoms with E-state index in [9.17, 15) is 14.4 Å². The van der Waals surface area contributed by atoms with Crippen LogP contribution in [0.25, 0.3) is 0 Å². The minimum atomic E-state index is -0.789. The second-order valence-corrected chi connectivity index (χ2v) is 17.1. The Balaban J connectivity index is 4.40. The Bertz CT molecular complexity index is 1120. The van der Waals surface area contributed by atoms with Crippen LogP contribution in [-0.4, -0.2) is 37.2 Å². The van der Waals surface area contributed by atoms with E-state index in [2.05, 4.69) is 81.5 Å². The Morgan fingerprint density at radius 3 is 1.07 bits per heavy atom. The molecule has 0 spiro atoms. The molecule has 0 heterocycles. The van der Waals surface area contributed by atoms with Crippen LogP contribution in [0.15, 0.2) is 60.8 Å². The first-order valence-electron chi connectivity index (χ1n) is 25.8. The molecule has 1 atom stereocenters. The van der Waals surface area contributed by atoms with E-state index in [1.807, 2.05) is 0 Å². The third kappa shape index (κ3) is 48.0. The van der Waals surface area contributed by atoms with Crippen molar-refractivity contribution in [1.82, 2.24) is 0 Å². The number of carbonyl (C=O) groups excluding carboxylic acids is 3. The van der Waals surface area contributed by atoms with E-state index in [1.165, 1.54) is 122 Å². The molecular weight excluding hydrogens is 757 g/mol. The van der Waals surface area contributed by atoms with Crippen LogP contribution in [0.3, 0.4) is 0 Å². The highest BCUT2D eigenvalue weighted by Gasteiger charge is 2.19. The van der Waals surface area contributed by atoms with Crippen LogP contribution in [0.4, 0.5) is 0 Å². The Hall–Kier alpha value is -2.89. The van der Waals surface area contributed by atoms with Crippen LogP contribution in [0.1, 0.15) is 252 Å². The lowest BCUT2D eigenvalue weighted by Gasteiger charge is -2.18. The van der Waals surface area contributed by atoms with E-state index in [1.54, 1.807) is 0 Å². The number of esters is 3. The molecule has 0 aliphatic carbocycles. The highest BCUT2D eigenvalue weighted by Crippen LogP contribution is 2.15. The summed E-state index contributed by atoms with van der Waals surface area (Å²) >= 11 is 0. The fourth-order valence-corrected chi connectivity index (χ4v) is 7.13. The Labute approximate surface area is 377 Å². The molecule has 0 N–H and O–H groups in total. The van der Waals surface area contributed by atoms with Crippen molar-refractivity contribution in [2.75, 3.05) is 13.2 Å². The fraction of sp³-hybridized carbons (Fsp3) is 0.764. The summed E-state index contributed by atoms with van der Waals surface area (Å²) in [7, 11) is 0. The summed E-state index contributed by atoms with van der Waals surface area (Å²) in [5.41, 5.74) is 0. The van der Waals surface area contributed by atoms with Gasteiger partial charge in [-0.15, -0.1) is 0 Å². The maximum atomic E-state index is 12.8. The van der Waals surface area contributed by atoms with Gasteiger partial charge < -0.3 is 14.2 Å². The first kappa shape index (κ1) is 58.1. The zero-order valence-corrected chi connectivity index (χ0v) is 40.2. The number of unbranched alkanes of at least 4 members (excludes halogenated alkanes) is 25. The molecule has 6 heteroatoms. The van der Waals surface area contributed by atoms with Gasteiger partial charge in [0.1, 0.15) is 13.2 Å². The van der Waals surface area contributed by atoms with E-state index >= 15 is 0 Å². The van der Waals surface area contributed by atoms with Gasteiger partial charge in [-0.25, -0.2) is 0 Å². The van der Waals surface area contributed by atoms with Gasteiger partial charge in [0, 0.05) is 19.3 Å². The summed E-state index contributed by atoms with van der Waals surface area (Å²) < 4.78 is 16.8. The van der Waals surface area contributed by atoms with Crippen LogP contribution in [0, 0.1) is 0 Å². The molecule has 1 unspecified atom stereocenters. The van der Waals surface area contributed by atoms with Crippen molar-refractivity contribution in [2.45, 2.75) is 258 Å². The molecule has 0 saturated carbocycles. The van der Waals surface area contributed by atoms with Gasteiger partial charge in [-0.2, -0.15) is 0 Å². The molecule has 61 heavy (non-hydrogen) atoms. The minimum Gasteiger partial charge on any atom is -0.462 e. The fourth-order valence-electron chi connectivity index (χ4n) is 7.13. The monoisotopic (exact) mass is 853 g/mol. The second kappa shape index (κ2) is 49.8. The average molecular weight is 853 g/mol. The summed E-state index contributed by atoms with van der Waals surface area (Å²) in [6, 6.07) is 0. The molecule has 0 aromatic heterocycles. The normalized spacial score (nSPS) is 12.5. The minimum absolute atomic E-state index is 0.0889. The van der Waals surface area contributed by atoms with Crippen LogP contribution in [-0.2, 0) is 28.6 Å². The predicted octanol–water partition coefficient (Wildman–Crippen LogP) is 16.9. The van der Waals surface area contributed by atoms with Crippen molar-refractivity contribution in [1.29, 1.82) is 0 Å². The number of hydrogen-bond acceptors (Lipinski definition) is 6. The van der Waals surface area contributed by atoms with Gasteiger partial charge in [-0.05, 0) is 83.5 Å². The third-order valence-corrected chi connectivity index (χ3v) is 11.0. The third-order valence-electron chi connectivity index (χ3n) is 11.0. The van der Waals surface area contributed by atoms with Crippen LogP contribution >= 0.6 is 0 Å². The summed E-state index contributed by atoms with van der Waals surface area (Å²) in [5.74, 6) is -0.931. The number of rotatable bonds is 46. The molecule has 0 aromatic carbocycles. The SMILES string of the molecule is CC/C=C\C/C=C\C/C=C\CCCCC(=O)OCC(COC(=O)CCCCCCCCC/C=C\C/C=C\CCCCC)OC(=O)CCCCCCCCCCCCCCCC. The van der Waals surface area contributed by atoms with Crippen molar-refractivity contribution < 1.29 is 28.6 Å². The molecule has 0 aliphatic rings. The maximum absolute atomic E-state index is 12.8. The predicted molar refractivity (Wildman–Crippen MR) is 261 cm³/mol. The Morgan fingerprint density at radius 1 is 0.344 bits per heavy atom. The first-order valence-corrected chi connectivity index (χ1v) is 25.8. The van der Waals surface area contributed by atoms with Gasteiger partial charge >= 0.3 is 17.9 Å². The van der Waals surface area contributed by atoms with Crippen LogP contribution in [0.5, 0.6) is 0 Å². The molecule has 0 aliphatic heterocycles. The van der Waals surface area contributed by atoms with Gasteiger partial charge in [0.2, 0.25) is 0 Å². The zero-order valence-electron chi connectivity index (χ0n) is 40.2. The maximum Gasteiger partial charge on any atom is 0.306 e. The second-order valence-electron chi connectivity index (χ2n) is 17.1. The van der Waals surface area contributed by atoms with Crippen LogP contribution in [0.2, 0.25) is 0 Å². The van der Waals surface area contributed by atoms with E-state index in [0.29, 0.717) is 19.3 Å². The Kier molecular flexibility index (Phi) is 47.4. The zero-order chi connectivity index (χ0) is 44.4. The largest absolute Gasteiger partial charge is 0.462 e. The van der Waals surface area contributed by atoms with Gasteiger partial charge in [-0.1, -0.05) is 210 Å². The topological polar surface area (TPSA) is 78.9 Å². The van der Waals surface area contributed by atoms with Crippen LogP contribution < -0.4 is 0 Å². The van der Waals surface area contributed by atoms with E-state index < -0.39 is 6.10 Å². The Morgan fingerprint density at radius 2 is 0.639 bits per heavy atom. The average Bonchev–Trinajstić information content (AvgIpc) is 3.26. The molecular formula is C55H96O6. The summed E-state index contributed by atoms with van der Waals surface area (Å²) in [6.07, 6.45) is 60.6. The highest BCUT2D eigenvalue weighted by atomic mass is 16.6. The van der Waals surface area contributed by atoms with Gasteiger partial charge in [0.25, 0.3) is 0 Å². The molecule has 6 nitrogen and oxygen atoms in total. The first-order chi connectivity index (χ1) is 30.0. The highest BCUT2D eigenvalue weighted by molar-refractivity contribution is 5.71. The molecule has 0 fully saturated rings. The van der Waals surface area contributed by atoms with E-state index in [0.717, 1.165) is 89.9 Å².